The van der Waals surface area contributed by atoms with Gasteiger partial charge in [0, 0.05) is 25.2 Å². The SMILES string of the molecule is CCC(C)CC(N)C1CN(C(C)C)CCO1. The van der Waals surface area contributed by atoms with E-state index in [2.05, 4.69) is 32.6 Å². The second-order valence-corrected chi connectivity index (χ2v) is 5.41. The van der Waals surface area contributed by atoms with Crippen LogP contribution in [0.4, 0.5) is 0 Å². The van der Waals surface area contributed by atoms with Gasteiger partial charge >= 0.3 is 0 Å². The van der Waals surface area contributed by atoms with E-state index >= 15 is 0 Å². The summed E-state index contributed by atoms with van der Waals surface area (Å²) in [6.45, 7) is 11.8. The van der Waals surface area contributed by atoms with E-state index in [-0.39, 0.29) is 12.1 Å². The van der Waals surface area contributed by atoms with Gasteiger partial charge in [0.05, 0.1) is 12.7 Å². The zero-order valence-corrected chi connectivity index (χ0v) is 11.3. The fraction of sp³-hybridized carbons (Fsp3) is 1.00. The fourth-order valence-electron chi connectivity index (χ4n) is 2.21. The Balaban J connectivity index is 2.40. The maximum Gasteiger partial charge on any atom is 0.0853 e. The second kappa shape index (κ2) is 6.58. The van der Waals surface area contributed by atoms with Crippen molar-refractivity contribution in [3.63, 3.8) is 0 Å². The van der Waals surface area contributed by atoms with E-state index in [1.807, 2.05) is 0 Å². The highest BCUT2D eigenvalue weighted by Gasteiger charge is 2.27. The topological polar surface area (TPSA) is 38.5 Å². The van der Waals surface area contributed by atoms with Gasteiger partial charge in [-0.1, -0.05) is 20.3 Å². The molecule has 1 aliphatic heterocycles. The van der Waals surface area contributed by atoms with Crippen molar-refractivity contribution in [3.05, 3.63) is 0 Å². The molecule has 0 radical (unpaired) electrons. The van der Waals surface area contributed by atoms with E-state index in [1.165, 1.54) is 6.42 Å². The minimum Gasteiger partial charge on any atom is -0.374 e. The lowest BCUT2D eigenvalue weighted by Gasteiger charge is -2.38. The molecule has 2 N–H and O–H groups in total. The summed E-state index contributed by atoms with van der Waals surface area (Å²) in [6.07, 6.45) is 2.51. The van der Waals surface area contributed by atoms with E-state index in [9.17, 15) is 0 Å². The van der Waals surface area contributed by atoms with Gasteiger partial charge in [-0.25, -0.2) is 0 Å². The lowest BCUT2D eigenvalue weighted by atomic mass is 9.95. The summed E-state index contributed by atoms with van der Waals surface area (Å²) in [5, 5.41) is 0. The van der Waals surface area contributed by atoms with Crippen molar-refractivity contribution in [3.8, 4) is 0 Å². The molecule has 0 aromatic rings. The molecule has 3 atom stereocenters. The van der Waals surface area contributed by atoms with Crippen LogP contribution in [0.15, 0.2) is 0 Å². The molecule has 3 nitrogen and oxygen atoms in total. The van der Waals surface area contributed by atoms with Gasteiger partial charge in [0.1, 0.15) is 0 Å². The Morgan fingerprint density at radius 1 is 1.38 bits per heavy atom. The largest absolute Gasteiger partial charge is 0.374 e. The third-order valence-electron chi connectivity index (χ3n) is 3.70. The van der Waals surface area contributed by atoms with Crippen molar-refractivity contribution in [2.24, 2.45) is 11.7 Å². The van der Waals surface area contributed by atoms with E-state index < -0.39 is 0 Å². The molecule has 0 amide bonds. The lowest BCUT2D eigenvalue weighted by Crippen LogP contribution is -2.52. The van der Waals surface area contributed by atoms with Gasteiger partial charge in [0.25, 0.3) is 0 Å². The van der Waals surface area contributed by atoms with Crippen molar-refractivity contribution >= 4 is 0 Å². The Morgan fingerprint density at radius 2 is 2.06 bits per heavy atom. The van der Waals surface area contributed by atoms with Gasteiger partial charge in [-0.05, 0) is 26.2 Å². The van der Waals surface area contributed by atoms with Crippen LogP contribution in [-0.4, -0.2) is 42.8 Å². The monoisotopic (exact) mass is 228 g/mol. The first kappa shape index (κ1) is 13.9. The molecule has 1 rings (SSSR count). The van der Waals surface area contributed by atoms with Crippen molar-refractivity contribution in [1.82, 2.24) is 4.90 Å². The van der Waals surface area contributed by atoms with Crippen LogP contribution in [0.2, 0.25) is 0 Å². The minimum atomic E-state index is 0.191. The van der Waals surface area contributed by atoms with Crippen LogP contribution in [-0.2, 0) is 4.74 Å². The molecule has 0 aromatic heterocycles. The summed E-state index contributed by atoms with van der Waals surface area (Å²) in [5.74, 6) is 0.702. The molecular formula is C13H28N2O. The molecule has 0 spiro atoms. The Labute approximate surface area is 100 Å². The van der Waals surface area contributed by atoms with E-state index in [1.54, 1.807) is 0 Å². The Bertz CT molecular complexity index is 196. The highest BCUT2D eigenvalue weighted by atomic mass is 16.5. The van der Waals surface area contributed by atoms with Gasteiger partial charge in [-0.2, -0.15) is 0 Å². The van der Waals surface area contributed by atoms with Gasteiger partial charge < -0.3 is 10.5 Å². The summed E-state index contributed by atoms with van der Waals surface area (Å²) in [4.78, 5) is 2.46. The molecule has 3 unspecified atom stereocenters. The number of morpholine rings is 1. The number of hydrogen-bond donors (Lipinski definition) is 1. The Hall–Kier alpha value is -0.120. The molecule has 3 heteroatoms. The van der Waals surface area contributed by atoms with Crippen molar-refractivity contribution in [2.45, 2.75) is 58.7 Å². The normalized spacial score (nSPS) is 27.0. The summed E-state index contributed by atoms with van der Waals surface area (Å²) in [6, 6.07) is 0.790. The average molecular weight is 228 g/mol. The third-order valence-corrected chi connectivity index (χ3v) is 3.70. The Morgan fingerprint density at radius 3 is 2.62 bits per heavy atom. The first-order chi connectivity index (χ1) is 7.54. The van der Waals surface area contributed by atoms with Gasteiger partial charge in [0.15, 0.2) is 0 Å². The van der Waals surface area contributed by atoms with Crippen molar-refractivity contribution in [2.75, 3.05) is 19.7 Å². The van der Waals surface area contributed by atoms with E-state index in [4.69, 9.17) is 10.5 Å². The standard InChI is InChI=1S/C13H28N2O/c1-5-11(4)8-12(14)13-9-15(10(2)3)6-7-16-13/h10-13H,5-9,14H2,1-4H3. The molecular weight excluding hydrogens is 200 g/mol. The van der Waals surface area contributed by atoms with Crippen LogP contribution < -0.4 is 5.73 Å². The number of ether oxygens (including phenoxy) is 1. The summed E-state index contributed by atoms with van der Waals surface area (Å²) in [5.41, 5.74) is 6.24. The summed E-state index contributed by atoms with van der Waals surface area (Å²) < 4.78 is 5.80. The lowest BCUT2D eigenvalue weighted by molar-refractivity contribution is -0.0524. The quantitative estimate of drug-likeness (QED) is 0.780. The predicted molar refractivity (Wildman–Crippen MR) is 68.5 cm³/mol. The highest BCUT2D eigenvalue weighted by Crippen LogP contribution is 2.16. The smallest absolute Gasteiger partial charge is 0.0853 e. The molecule has 1 heterocycles. The van der Waals surface area contributed by atoms with Crippen LogP contribution in [0.5, 0.6) is 0 Å². The molecule has 16 heavy (non-hydrogen) atoms. The van der Waals surface area contributed by atoms with E-state index in [0.29, 0.717) is 12.0 Å². The van der Waals surface area contributed by atoms with Gasteiger partial charge in [0.2, 0.25) is 0 Å². The van der Waals surface area contributed by atoms with Crippen LogP contribution in [0.3, 0.4) is 0 Å². The summed E-state index contributed by atoms with van der Waals surface area (Å²) in [7, 11) is 0. The first-order valence-corrected chi connectivity index (χ1v) is 6.65. The van der Waals surface area contributed by atoms with Crippen molar-refractivity contribution in [1.29, 1.82) is 0 Å². The predicted octanol–water partition coefficient (Wildman–Crippen LogP) is 1.86. The first-order valence-electron chi connectivity index (χ1n) is 6.65. The van der Waals surface area contributed by atoms with Crippen molar-refractivity contribution < 1.29 is 4.74 Å². The third kappa shape index (κ3) is 4.04. The van der Waals surface area contributed by atoms with Crippen LogP contribution in [0, 0.1) is 5.92 Å². The van der Waals surface area contributed by atoms with Crippen LogP contribution in [0.1, 0.15) is 40.5 Å². The summed E-state index contributed by atoms with van der Waals surface area (Å²) >= 11 is 0. The zero-order chi connectivity index (χ0) is 12.1. The molecule has 1 saturated heterocycles. The molecule has 1 fully saturated rings. The minimum absolute atomic E-state index is 0.191. The maximum atomic E-state index is 6.24. The second-order valence-electron chi connectivity index (χ2n) is 5.41. The highest BCUT2D eigenvalue weighted by molar-refractivity contribution is 4.82. The maximum absolute atomic E-state index is 6.24. The van der Waals surface area contributed by atoms with E-state index in [0.717, 1.165) is 26.1 Å². The average Bonchev–Trinajstić information content (AvgIpc) is 2.28. The molecule has 1 aliphatic rings. The van der Waals surface area contributed by atoms with Gasteiger partial charge in [-0.15, -0.1) is 0 Å². The number of nitrogens with zero attached hydrogens (tertiary/aromatic N) is 1. The molecule has 0 bridgehead atoms. The Kier molecular flexibility index (Phi) is 5.73. The molecule has 96 valence electrons. The van der Waals surface area contributed by atoms with Gasteiger partial charge in [-0.3, -0.25) is 4.90 Å². The number of rotatable bonds is 5. The van der Waals surface area contributed by atoms with Crippen LogP contribution >= 0.6 is 0 Å². The molecule has 0 aromatic carbocycles. The molecule has 0 aliphatic carbocycles. The van der Waals surface area contributed by atoms with Crippen LogP contribution in [0.25, 0.3) is 0 Å². The fourth-order valence-corrected chi connectivity index (χ4v) is 2.21. The molecule has 0 saturated carbocycles. The number of nitrogens with two attached hydrogens (primary N) is 1. The number of hydrogen-bond acceptors (Lipinski definition) is 3. The zero-order valence-electron chi connectivity index (χ0n) is 11.3.